The average Bonchev–Trinajstić information content (AvgIpc) is 3.37. The zero-order valence-electron chi connectivity index (χ0n) is 15.0. The Morgan fingerprint density at radius 1 is 1.19 bits per heavy atom. The van der Waals surface area contributed by atoms with E-state index in [0.29, 0.717) is 12.1 Å². The molecule has 136 valence electrons. The van der Waals surface area contributed by atoms with Gasteiger partial charge >= 0.3 is 0 Å². The first-order chi connectivity index (χ1) is 13.2. The number of nitrogens with one attached hydrogen (secondary N) is 1. The molecule has 4 aromatic rings. The van der Waals surface area contributed by atoms with Crippen LogP contribution in [0.3, 0.4) is 0 Å². The van der Waals surface area contributed by atoms with Crippen molar-refractivity contribution >= 4 is 28.3 Å². The minimum absolute atomic E-state index is 0.00313. The third kappa shape index (κ3) is 3.75. The van der Waals surface area contributed by atoms with Crippen LogP contribution in [0.4, 0.5) is 0 Å². The minimum atomic E-state index is -0.0818. The molecule has 0 spiro atoms. The van der Waals surface area contributed by atoms with Crippen LogP contribution < -0.4 is 5.32 Å². The molecule has 1 atom stereocenters. The van der Waals surface area contributed by atoms with Gasteiger partial charge in [-0.1, -0.05) is 37.3 Å². The van der Waals surface area contributed by atoms with Crippen molar-refractivity contribution in [1.29, 1.82) is 0 Å². The average molecular weight is 376 g/mol. The molecule has 0 aliphatic rings. The van der Waals surface area contributed by atoms with E-state index in [4.69, 9.17) is 0 Å². The molecule has 6 heteroatoms. The standard InChI is InChI=1S/C21H20N4OS/c1-2-18(15-6-4-3-5-7-15)24-21(26)16-8-9-20-19(10-16)22-13-25(20)11-17-12-27-14-23-17/h3-10,12-14,18H,2,11H2,1H3,(H,24,26). The van der Waals surface area contributed by atoms with Gasteiger partial charge in [-0.2, -0.15) is 0 Å². The van der Waals surface area contributed by atoms with Gasteiger partial charge in [-0.25, -0.2) is 9.97 Å². The molecule has 1 N–H and O–H groups in total. The summed E-state index contributed by atoms with van der Waals surface area (Å²) in [7, 11) is 0. The number of hydrogen-bond acceptors (Lipinski definition) is 4. The summed E-state index contributed by atoms with van der Waals surface area (Å²) in [4.78, 5) is 21.5. The van der Waals surface area contributed by atoms with Gasteiger partial charge in [0.2, 0.25) is 0 Å². The number of imidazole rings is 1. The quantitative estimate of drug-likeness (QED) is 0.542. The van der Waals surface area contributed by atoms with Gasteiger partial charge in [-0.05, 0) is 30.2 Å². The highest BCUT2D eigenvalue weighted by atomic mass is 32.1. The predicted octanol–water partition coefficient (Wildman–Crippen LogP) is 4.42. The predicted molar refractivity (Wildman–Crippen MR) is 108 cm³/mol. The van der Waals surface area contributed by atoms with Crippen LogP contribution in [0.5, 0.6) is 0 Å². The molecule has 0 aliphatic heterocycles. The molecule has 2 aromatic carbocycles. The maximum absolute atomic E-state index is 12.7. The Balaban J connectivity index is 1.54. The second kappa shape index (κ2) is 7.72. The molecular formula is C21H20N4OS. The summed E-state index contributed by atoms with van der Waals surface area (Å²) in [5, 5.41) is 5.15. The number of thiazole rings is 1. The fourth-order valence-electron chi connectivity index (χ4n) is 3.17. The summed E-state index contributed by atoms with van der Waals surface area (Å²) in [6, 6.07) is 15.7. The number of hydrogen-bond donors (Lipinski definition) is 1. The van der Waals surface area contributed by atoms with Crippen LogP contribution in [-0.4, -0.2) is 20.4 Å². The van der Waals surface area contributed by atoms with Crippen LogP contribution >= 0.6 is 11.3 Å². The highest BCUT2D eigenvalue weighted by Crippen LogP contribution is 2.19. The molecule has 1 unspecified atom stereocenters. The van der Waals surface area contributed by atoms with E-state index in [-0.39, 0.29) is 11.9 Å². The molecule has 4 rings (SSSR count). The maximum Gasteiger partial charge on any atom is 0.251 e. The van der Waals surface area contributed by atoms with E-state index in [2.05, 4.69) is 22.2 Å². The van der Waals surface area contributed by atoms with Gasteiger partial charge in [0.1, 0.15) is 0 Å². The Morgan fingerprint density at radius 3 is 2.78 bits per heavy atom. The lowest BCUT2D eigenvalue weighted by Crippen LogP contribution is -2.28. The van der Waals surface area contributed by atoms with Crippen molar-refractivity contribution in [2.75, 3.05) is 0 Å². The van der Waals surface area contributed by atoms with E-state index in [1.165, 1.54) is 0 Å². The van der Waals surface area contributed by atoms with Gasteiger partial charge in [0.15, 0.2) is 0 Å². The number of aromatic nitrogens is 3. The number of carbonyl (C=O) groups excluding carboxylic acids is 1. The first-order valence-electron chi connectivity index (χ1n) is 8.92. The SMILES string of the molecule is CCC(NC(=O)c1ccc2c(c1)ncn2Cc1cscn1)c1ccccc1. The van der Waals surface area contributed by atoms with E-state index >= 15 is 0 Å². The second-order valence-electron chi connectivity index (χ2n) is 6.40. The normalized spacial score (nSPS) is 12.2. The van der Waals surface area contributed by atoms with Crippen molar-refractivity contribution in [1.82, 2.24) is 19.9 Å². The molecule has 0 aliphatic carbocycles. The first kappa shape index (κ1) is 17.4. The molecular weight excluding hydrogens is 356 g/mol. The van der Waals surface area contributed by atoms with Crippen LogP contribution in [0.2, 0.25) is 0 Å². The van der Waals surface area contributed by atoms with Gasteiger partial charge in [-0.3, -0.25) is 4.79 Å². The fraction of sp³-hybridized carbons (Fsp3) is 0.190. The number of benzene rings is 2. The molecule has 2 heterocycles. The number of fused-ring (bicyclic) bond motifs is 1. The summed E-state index contributed by atoms with van der Waals surface area (Å²) in [6.45, 7) is 2.75. The molecule has 0 radical (unpaired) electrons. The topological polar surface area (TPSA) is 59.8 Å². The van der Waals surface area contributed by atoms with Crippen molar-refractivity contribution in [2.45, 2.75) is 25.9 Å². The zero-order valence-corrected chi connectivity index (χ0v) is 15.8. The summed E-state index contributed by atoms with van der Waals surface area (Å²) in [5.41, 5.74) is 6.38. The molecule has 5 nitrogen and oxygen atoms in total. The number of rotatable bonds is 6. The Kier molecular flexibility index (Phi) is 4.98. The Bertz CT molecular complexity index is 1040. The lowest BCUT2D eigenvalue weighted by molar-refractivity contribution is 0.0935. The second-order valence-corrected chi connectivity index (χ2v) is 7.12. The van der Waals surface area contributed by atoms with Crippen LogP contribution in [-0.2, 0) is 6.54 Å². The van der Waals surface area contributed by atoms with E-state index in [0.717, 1.165) is 28.7 Å². The monoisotopic (exact) mass is 376 g/mol. The van der Waals surface area contributed by atoms with Crippen LogP contribution in [0.15, 0.2) is 65.7 Å². The van der Waals surface area contributed by atoms with E-state index in [9.17, 15) is 4.79 Å². The summed E-state index contributed by atoms with van der Waals surface area (Å²) in [6.07, 6.45) is 2.63. The number of amides is 1. The summed E-state index contributed by atoms with van der Waals surface area (Å²) >= 11 is 1.58. The van der Waals surface area contributed by atoms with Crippen LogP contribution in [0.25, 0.3) is 11.0 Å². The minimum Gasteiger partial charge on any atom is -0.345 e. The van der Waals surface area contributed by atoms with Crippen molar-refractivity contribution in [3.05, 3.63) is 82.6 Å². The zero-order chi connectivity index (χ0) is 18.6. The number of carbonyl (C=O) groups is 1. The highest BCUT2D eigenvalue weighted by Gasteiger charge is 2.15. The Morgan fingerprint density at radius 2 is 2.04 bits per heavy atom. The largest absolute Gasteiger partial charge is 0.345 e. The van der Waals surface area contributed by atoms with Crippen molar-refractivity contribution in [3.63, 3.8) is 0 Å². The summed E-state index contributed by atoms with van der Waals surface area (Å²) < 4.78 is 2.05. The van der Waals surface area contributed by atoms with Gasteiger partial charge < -0.3 is 9.88 Å². The van der Waals surface area contributed by atoms with Crippen molar-refractivity contribution in [2.24, 2.45) is 0 Å². The van der Waals surface area contributed by atoms with E-state index in [1.54, 1.807) is 17.7 Å². The van der Waals surface area contributed by atoms with Crippen LogP contribution in [0, 0.1) is 0 Å². The van der Waals surface area contributed by atoms with Crippen molar-refractivity contribution in [3.8, 4) is 0 Å². The van der Waals surface area contributed by atoms with Crippen LogP contribution in [0.1, 0.15) is 41.0 Å². The molecule has 2 aromatic heterocycles. The fourth-order valence-corrected chi connectivity index (χ4v) is 3.72. The third-order valence-electron chi connectivity index (χ3n) is 4.61. The first-order valence-corrected chi connectivity index (χ1v) is 9.86. The molecule has 0 saturated heterocycles. The van der Waals surface area contributed by atoms with E-state index in [1.807, 2.05) is 64.0 Å². The van der Waals surface area contributed by atoms with Gasteiger partial charge in [0.05, 0.1) is 41.2 Å². The van der Waals surface area contributed by atoms with Crippen molar-refractivity contribution < 1.29 is 4.79 Å². The van der Waals surface area contributed by atoms with Gasteiger partial charge in [-0.15, -0.1) is 11.3 Å². The molecule has 0 bridgehead atoms. The molecule has 0 saturated carbocycles. The lowest BCUT2D eigenvalue weighted by Gasteiger charge is -2.17. The third-order valence-corrected chi connectivity index (χ3v) is 5.25. The van der Waals surface area contributed by atoms with E-state index < -0.39 is 0 Å². The molecule has 27 heavy (non-hydrogen) atoms. The Labute approximate surface area is 161 Å². The lowest BCUT2D eigenvalue weighted by atomic mass is 10.0. The highest BCUT2D eigenvalue weighted by molar-refractivity contribution is 7.07. The smallest absolute Gasteiger partial charge is 0.251 e. The summed E-state index contributed by atoms with van der Waals surface area (Å²) in [5.74, 6) is -0.0818. The maximum atomic E-state index is 12.7. The van der Waals surface area contributed by atoms with Gasteiger partial charge in [0.25, 0.3) is 5.91 Å². The molecule has 0 fully saturated rings. The Hall–Kier alpha value is -2.99. The van der Waals surface area contributed by atoms with Gasteiger partial charge in [0, 0.05) is 10.9 Å². The number of nitrogens with zero attached hydrogens (tertiary/aromatic N) is 3. The molecule has 1 amide bonds.